The van der Waals surface area contributed by atoms with Gasteiger partial charge in [-0.05, 0) is 18.2 Å². The highest BCUT2D eigenvalue weighted by Crippen LogP contribution is 2.52. The second kappa shape index (κ2) is 4.55. The number of anilines is 1. The molecule has 3 aliphatic rings. The first-order valence-electron chi connectivity index (χ1n) is 6.79. The van der Waals surface area contributed by atoms with Crippen LogP contribution in [-0.2, 0) is 14.3 Å². The van der Waals surface area contributed by atoms with Gasteiger partial charge in [-0.1, -0.05) is 35.4 Å². The largest absolute Gasteiger partial charge is 0.393 e. The number of ether oxygens (including phenoxy) is 1. The summed E-state index contributed by atoms with van der Waals surface area (Å²) in [6, 6.07) is 4.62. The van der Waals surface area contributed by atoms with Crippen LogP contribution in [0.5, 0.6) is 0 Å². The number of nitrogens with zero attached hydrogens (tertiary/aromatic N) is 1. The van der Waals surface area contributed by atoms with E-state index in [4.69, 9.17) is 27.9 Å². The highest BCUT2D eigenvalue weighted by molar-refractivity contribution is 6.37. The van der Waals surface area contributed by atoms with Crippen LogP contribution in [0.4, 0.5) is 5.69 Å². The molecule has 2 amide bonds. The lowest BCUT2D eigenvalue weighted by atomic mass is 9.77. The van der Waals surface area contributed by atoms with Gasteiger partial charge >= 0.3 is 0 Å². The Labute approximate surface area is 136 Å². The van der Waals surface area contributed by atoms with Crippen LogP contribution in [0.2, 0.25) is 10.0 Å². The van der Waals surface area contributed by atoms with Crippen molar-refractivity contribution >= 4 is 40.7 Å². The van der Waals surface area contributed by atoms with Crippen LogP contribution < -0.4 is 4.90 Å². The lowest BCUT2D eigenvalue weighted by molar-refractivity contribution is -0.128. The van der Waals surface area contributed by atoms with Gasteiger partial charge in [0.2, 0.25) is 11.8 Å². The average Bonchev–Trinajstić information content (AvgIpc) is 3.14. The van der Waals surface area contributed by atoms with Crippen LogP contribution in [0.15, 0.2) is 30.4 Å². The number of benzene rings is 1. The molecule has 0 aliphatic carbocycles. The zero-order chi connectivity index (χ0) is 15.6. The number of imide groups is 1. The summed E-state index contributed by atoms with van der Waals surface area (Å²) in [5.41, 5.74) is -0.840. The summed E-state index contributed by atoms with van der Waals surface area (Å²) in [6.07, 6.45) is 2.91. The second-order valence-corrected chi connectivity index (χ2v) is 6.51. The Hall–Kier alpha value is -1.40. The quantitative estimate of drug-likeness (QED) is 0.659. The molecule has 7 heteroatoms. The summed E-state index contributed by atoms with van der Waals surface area (Å²) >= 11 is 12.1. The zero-order valence-corrected chi connectivity index (χ0v) is 12.7. The third-order valence-electron chi connectivity index (χ3n) is 4.55. The first-order chi connectivity index (χ1) is 10.5. The van der Waals surface area contributed by atoms with E-state index in [1.807, 2.05) is 0 Å². The summed E-state index contributed by atoms with van der Waals surface area (Å²) in [4.78, 5) is 26.6. The molecule has 1 N–H and O–H groups in total. The van der Waals surface area contributed by atoms with E-state index >= 15 is 0 Å². The number of rotatable bonds is 2. The van der Waals surface area contributed by atoms with Crippen LogP contribution in [0.25, 0.3) is 0 Å². The van der Waals surface area contributed by atoms with Gasteiger partial charge in [0.15, 0.2) is 0 Å². The number of carbonyl (C=O) groups excluding carboxylic acids is 2. The molecule has 2 fully saturated rings. The fourth-order valence-electron chi connectivity index (χ4n) is 3.58. The number of aliphatic hydroxyl groups excluding tert-OH is 1. The maximum absolute atomic E-state index is 12.8. The SMILES string of the molecule is O=C1[C@H]2[C@@H]3C=C[C@](CO)(O3)[C@@H]2C(=O)N1c1cc(Cl)ccc1Cl. The molecular weight excluding hydrogens is 329 g/mol. The minimum Gasteiger partial charge on any atom is -0.393 e. The predicted octanol–water partition coefficient (Wildman–Crippen LogP) is 1.80. The highest BCUT2D eigenvalue weighted by atomic mass is 35.5. The van der Waals surface area contributed by atoms with E-state index in [1.54, 1.807) is 24.3 Å². The molecule has 2 bridgehead atoms. The molecule has 5 nitrogen and oxygen atoms in total. The summed E-state index contributed by atoms with van der Waals surface area (Å²) in [7, 11) is 0. The Morgan fingerprint density at radius 2 is 2.05 bits per heavy atom. The van der Waals surface area contributed by atoms with E-state index in [2.05, 4.69) is 0 Å². The van der Waals surface area contributed by atoms with Crippen molar-refractivity contribution in [3.63, 3.8) is 0 Å². The van der Waals surface area contributed by atoms with E-state index in [0.717, 1.165) is 4.90 Å². The molecule has 0 unspecified atom stereocenters. The van der Waals surface area contributed by atoms with Gasteiger partial charge in [0.05, 0.1) is 35.3 Å². The maximum atomic E-state index is 12.8. The molecular formula is C15H11Cl2NO4. The molecule has 4 atom stereocenters. The topological polar surface area (TPSA) is 66.8 Å². The lowest BCUT2D eigenvalue weighted by Crippen LogP contribution is -2.43. The van der Waals surface area contributed by atoms with Gasteiger partial charge in [-0.2, -0.15) is 0 Å². The summed E-state index contributed by atoms with van der Waals surface area (Å²) < 4.78 is 5.67. The van der Waals surface area contributed by atoms with E-state index in [-0.39, 0.29) is 23.2 Å². The Morgan fingerprint density at radius 3 is 2.77 bits per heavy atom. The highest BCUT2D eigenvalue weighted by Gasteiger charge is 2.67. The van der Waals surface area contributed by atoms with Crippen LogP contribution in [0, 0.1) is 11.8 Å². The van der Waals surface area contributed by atoms with Crippen molar-refractivity contribution in [1.82, 2.24) is 0 Å². The average molecular weight is 340 g/mol. The van der Waals surface area contributed by atoms with Gasteiger partial charge in [0.25, 0.3) is 0 Å². The normalized spacial score (nSPS) is 35.6. The predicted molar refractivity (Wildman–Crippen MR) is 79.8 cm³/mol. The van der Waals surface area contributed by atoms with Gasteiger partial charge in [0.1, 0.15) is 5.60 Å². The van der Waals surface area contributed by atoms with Crippen LogP contribution in [0.1, 0.15) is 0 Å². The van der Waals surface area contributed by atoms with E-state index in [1.165, 1.54) is 6.07 Å². The molecule has 0 aromatic heterocycles. The van der Waals surface area contributed by atoms with Crippen LogP contribution in [0.3, 0.4) is 0 Å². The van der Waals surface area contributed by atoms with Crippen LogP contribution >= 0.6 is 23.2 Å². The van der Waals surface area contributed by atoms with Crippen molar-refractivity contribution in [1.29, 1.82) is 0 Å². The molecule has 1 aromatic rings. The molecule has 0 spiro atoms. The van der Waals surface area contributed by atoms with Crippen molar-refractivity contribution in [3.8, 4) is 0 Å². The third kappa shape index (κ3) is 1.62. The van der Waals surface area contributed by atoms with Crippen molar-refractivity contribution in [2.45, 2.75) is 11.7 Å². The minimum absolute atomic E-state index is 0.269. The third-order valence-corrected chi connectivity index (χ3v) is 5.11. The van der Waals surface area contributed by atoms with Crippen molar-refractivity contribution < 1.29 is 19.4 Å². The summed E-state index contributed by atoms with van der Waals surface area (Å²) in [6.45, 7) is -0.350. The summed E-state index contributed by atoms with van der Waals surface area (Å²) in [5, 5.41) is 10.3. The maximum Gasteiger partial charge on any atom is 0.241 e. The molecule has 1 aromatic carbocycles. The lowest BCUT2D eigenvalue weighted by Gasteiger charge is -2.26. The first-order valence-corrected chi connectivity index (χ1v) is 7.55. The zero-order valence-electron chi connectivity index (χ0n) is 11.2. The Kier molecular flexibility index (Phi) is 2.94. The van der Waals surface area contributed by atoms with Crippen LogP contribution in [-0.4, -0.2) is 35.2 Å². The van der Waals surface area contributed by atoms with E-state index in [9.17, 15) is 14.7 Å². The fraction of sp³-hybridized carbons (Fsp3) is 0.333. The van der Waals surface area contributed by atoms with E-state index in [0.29, 0.717) is 5.02 Å². The van der Waals surface area contributed by atoms with Gasteiger partial charge in [-0.3, -0.25) is 9.59 Å². The smallest absolute Gasteiger partial charge is 0.241 e. The Balaban J connectivity index is 1.81. The number of halogens is 2. The second-order valence-electron chi connectivity index (χ2n) is 5.67. The Bertz CT molecular complexity index is 734. The minimum atomic E-state index is -1.11. The molecule has 22 heavy (non-hydrogen) atoms. The number of hydrogen-bond acceptors (Lipinski definition) is 4. The number of hydrogen-bond donors (Lipinski definition) is 1. The Morgan fingerprint density at radius 1 is 1.27 bits per heavy atom. The molecule has 3 aliphatic heterocycles. The fourth-order valence-corrected chi connectivity index (χ4v) is 3.95. The van der Waals surface area contributed by atoms with Crippen molar-refractivity contribution in [2.75, 3.05) is 11.5 Å². The molecule has 114 valence electrons. The molecule has 0 saturated carbocycles. The molecule has 3 heterocycles. The standard InChI is InChI=1S/C15H11Cl2NO4/c16-7-1-2-8(17)9(5-7)18-13(20)11-10-3-4-15(6-19,22-10)12(11)14(18)21/h1-5,10-12,19H,6H2/t10-,11-,12-,15+/m0/s1. The van der Waals surface area contributed by atoms with Gasteiger partial charge in [-0.25, -0.2) is 4.90 Å². The van der Waals surface area contributed by atoms with E-state index < -0.39 is 29.4 Å². The first kappa shape index (κ1) is 14.2. The molecule has 2 saturated heterocycles. The molecule has 4 rings (SSSR count). The summed E-state index contributed by atoms with van der Waals surface area (Å²) in [5.74, 6) is -2.14. The van der Waals surface area contributed by atoms with Gasteiger partial charge < -0.3 is 9.84 Å². The molecule has 0 radical (unpaired) electrons. The van der Waals surface area contributed by atoms with Crippen molar-refractivity contribution in [2.24, 2.45) is 11.8 Å². The number of amides is 2. The van der Waals surface area contributed by atoms with Gasteiger partial charge in [0, 0.05) is 5.02 Å². The van der Waals surface area contributed by atoms with Crippen molar-refractivity contribution in [3.05, 3.63) is 40.4 Å². The monoisotopic (exact) mass is 339 g/mol. The van der Waals surface area contributed by atoms with Gasteiger partial charge in [-0.15, -0.1) is 0 Å². The number of aliphatic hydroxyl groups is 1. The number of fused-ring (bicyclic) bond motifs is 5. The number of carbonyl (C=O) groups is 2.